The van der Waals surface area contributed by atoms with Crippen LogP contribution in [0.25, 0.3) is 0 Å². The molecule has 0 aromatic carbocycles. The number of rotatable bonds is 1. The highest BCUT2D eigenvalue weighted by atomic mass is 16.4. The van der Waals surface area contributed by atoms with Gasteiger partial charge in [-0.05, 0) is 25.3 Å². The van der Waals surface area contributed by atoms with Crippen LogP contribution in [0.1, 0.15) is 19.3 Å². The van der Waals surface area contributed by atoms with Crippen molar-refractivity contribution in [3.05, 3.63) is 11.6 Å². The number of hydrogen-bond acceptors (Lipinski definition) is 2. The van der Waals surface area contributed by atoms with Crippen LogP contribution >= 0.6 is 0 Å². The van der Waals surface area contributed by atoms with Crippen molar-refractivity contribution in [3.63, 3.8) is 0 Å². The lowest BCUT2D eigenvalue weighted by atomic mass is 9.92. The minimum Gasteiger partial charge on any atom is -0.545 e. The SMILES string of the molecule is O=C([O-])C=C1CCC1. The molecule has 0 radical (unpaired) electrons. The quantitative estimate of drug-likeness (QED) is 0.441. The first-order valence-electron chi connectivity index (χ1n) is 2.69. The molecular formula is C6H7O2-. The smallest absolute Gasteiger partial charge is 0.0642 e. The Labute approximate surface area is 47.8 Å². The van der Waals surface area contributed by atoms with Crippen molar-refractivity contribution in [2.75, 3.05) is 0 Å². The summed E-state index contributed by atoms with van der Waals surface area (Å²) in [5, 5.41) is 9.82. The molecule has 0 aliphatic heterocycles. The minimum absolute atomic E-state index is 0.952. The zero-order chi connectivity index (χ0) is 5.98. The predicted octanol–water partition coefficient (Wildman–Crippen LogP) is -0.153. The Hall–Kier alpha value is -0.790. The molecule has 1 saturated carbocycles. The molecule has 0 bridgehead atoms. The zero-order valence-electron chi connectivity index (χ0n) is 4.52. The molecule has 0 heterocycles. The van der Waals surface area contributed by atoms with Crippen LogP contribution in [-0.4, -0.2) is 5.97 Å². The van der Waals surface area contributed by atoms with Crippen molar-refractivity contribution in [2.24, 2.45) is 0 Å². The number of allylic oxidation sites excluding steroid dienone is 1. The zero-order valence-corrected chi connectivity index (χ0v) is 4.52. The summed E-state index contributed by atoms with van der Waals surface area (Å²) in [4.78, 5) is 9.82. The van der Waals surface area contributed by atoms with Gasteiger partial charge in [0.15, 0.2) is 0 Å². The number of carbonyl (C=O) groups is 1. The third-order valence-electron chi connectivity index (χ3n) is 1.32. The maximum atomic E-state index is 9.82. The second-order valence-corrected chi connectivity index (χ2v) is 1.98. The Kier molecular flexibility index (Phi) is 1.33. The van der Waals surface area contributed by atoms with E-state index in [1.807, 2.05) is 0 Å². The summed E-state index contributed by atoms with van der Waals surface area (Å²) >= 11 is 0. The first-order chi connectivity index (χ1) is 3.79. The summed E-state index contributed by atoms with van der Waals surface area (Å²) in [5.74, 6) is -1.06. The maximum absolute atomic E-state index is 9.82. The van der Waals surface area contributed by atoms with Gasteiger partial charge in [0.05, 0.1) is 5.97 Å². The van der Waals surface area contributed by atoms with Crippen molar-refractivity contribution in [1.29, 1.82) is 0 Å². The average molecular weight is 111 g/mol. The van der Waals surface area contributed by atoms with E-state index in [1.165, 1.54) is 6.08 Å². The molecule has 8 heavy (non-hydrogen) atoms. The Balaban J connectivity index is 2.42. The van der Waals surface area contributed by atoms with Gasteiger partial charge in [0, 0.05) is 0 Å². The molecule has 0 aromatic heterocycles. The molecule has 0 aromatic rings. The molecule has 0 unspecified atom stereocenters. The molecule has 0 saturated heterocycles. The highest BCUT2D eigenvalue weighted by molar-refractivity contribution is 5.78. The molecule has 2 heteroatoms. The van der Waals surface area contributed by atoms with Crippen LogP contribution < -0.4 is 5.11 Å². The summed E-state index contributed by atoms with van der Waals surface area (Å²) in [6.07, 6.45) is 4.24. The molecule has 2 nitrogen and oxygen atoms in total. The van der Waals surface area contributed by atoms with Gasteiger partial charge in [-0.2, -0.15) is 0 Å². The van der Waals surface area contributed by atoms with Gasteiger partial charge in [-0.3, -0.25) is 0 Å². The van der Waals surface area contributed by atoms with E-state index in [0.29, 0.717) is 0 Å². The standard InChI is InChI=1S/C6H8O2/c7-6(8)4-5-2-1-3-5/h4H,1-3H2,(H,7,8)/p-1. The maximum Gasteiger partial charge on any atom is 0.0642 e. The molecular weight excluding hydrogens is 104 g/mol. The third-order valence-corrected chi connectivity index (χ3v) is 1.32. The average Bonchev–Trinajstić information content (AvgIpc) is 1.55. The van der Waals surface area contributed by atoms with Crippen LogP contribution in [0.2, 0.25) is 0 Å². The first kappa shape index (κ1) is 5.35. The highest BCUT2D eigenvalue weighted by Crippen LogP contribution is 2.24. The van der Waals surface area contributed by atoms with E-state index in [-0.39, 0.29) is 0 Å². The largest absolute Gasteiger partial charge is 0.545 e. The molecule has 0 spiro atoms. The van der Waals surface area contributed by atoms with Crippen LogP contribution in [0.3, 0.4) is 0 Å². The van der Waals surface area contributed by atoms with Gasteiger partial charge in [0.2, 0.25) is 0 Å². The minimum atomic E-state index is -1.06. The van der Waals surface area contributed by atoms with E-state index < -0.39 is 5.97 Å². The molecule has 0 N–H and O–H groups in total. The molecule has 1 fully saturated rings. The fourth-order valence-electron chi connectivity index (χ4n) is 0.692. The van der Waals surface area contributed by atoms with E-state index in [9.17, 15) is 9.90 Å². The van der Waals surface area contributed by atoms with E-state index in [0.717, 1.165) is 24.8 Å². The number of aliphatic carboxylic acids is 1. The summed E-state index contributed by atoms with van der Waals surface area (Å²) < 4.78 is 0. The lowest BCUT2D eigenvalue weighted by molar-refractivity contribution is -0.297. The number of carboxylic acid groups (broad SMARTS) is 1. The van der Waals surface area contributed by atoms with Gasteiger partial charge in [0.25, 0.3) is 0 Å². The van der Waals surface area contributed by atoms with Gasteiger partial charge >= 0.3 is 0 Å². The number of carboxylic acids is 1. The second-order valence-electron chi connectivity index (χ2n) is 1.98. The number of hydrogen-bond donors (Lipinski definition) is 0. The Morgan fingerprint density at radius 2 is 2.25 bits per heavy atom. The van der Waals surface area contributed by atoms with E-state index in [1.54, 1.807) is 0 Å². The van der Waals surface area contributed by atoms with Gasteiger partial charge in [-0.1, -0.05) is 5.57 Å². The molecule has 1 aliphatic rings. The van der Waals surface area contributed by atoms with Crippen LogP contribution in [0.5, 0.6) is 0 Å². The highest BCUT2D eigenvalue weighted by Gasteiger charge is 2.06. The van der Waals surface area contributed by atoms with Gasteiger partial charge in [-0.25, -0.2) is 0 Å². The van der Waals surface area contributed by atoms with E-state index >= 15 is 0 Å². The second kappa shape index (κ2) is 1.99. The first-order valence-corrected chi connectivity index (χ1v) is 2.69. The Morgan fingerprint density at radius 1 is 1.62 bits per heavy atom. The summed E-state index contributed by atoms with van der Waals surface area (Å²) in [6.45, 7) is 0. The van der Waals surface area contributed by atoms with Gasteiger partial charge in [0.1, 0.15) is 0 Å². The van der Waals surface area contributed by atoms with Crippen LogP contribution in [0, 0.1) is 0 Å². The fraction of sp³-hybridized carbons (Fsp3) is 0.500. The molecule has 0 amide bonds. The third kappa shape index (κ3) is 1.09. The fourth-order valence-corrected chi connectivity index (χ4v) is 0.692. The van der Waals surface area contributed by atoms with Crippen molar-refractivity contribution in [3.8, 4) is 0 Å². The van der Waals surface area contributed by atoms with Gasteiger partial charge < -0.3 is 9.90 Å². The van der Waals surface area contributed by atoms with Gasteiger partial charge in [-0.15, -0.1) is 0 Å². The Bertz CT molecular complexity index is 129. The van der Waals surface area contributed by atoms with Crippen LogP contribution in [-0.2, 0) is 4.79 Å². The van der Waals surface area contributed by atoms with Crippen molar-refractivity contribution in [1.82, 2.24) is 0 Å². The van der Waals surface area contributed by atoms with Crippen LogP contribution in [0.15, 0.2) is 11.6 Å². The summed E-state index contributed by atoms with van der Waals surface area (Å²) in [6, 6.07) is 0. The number of carbonyl (C=O) groups excluding carboxylic acids is 1. The van der Waals surface area contributed by atoms with E-state index in [2.05, 4.69) is 0 Å². The van der Waals surface area contributed by atoms with Crippen molar-refractivity contribution < 1.29 is 9.90 Å². The molecule has 1 aliphatic carbocycles. The topological polar surface area (TPSA) is 40.1 Å². The monoisotopic (exact) mass is 111 g/mol. The van der Waals surface area contributed by atoms with Crippen molar-refractivity contribution in [2.45, 2.75) is 19.3 Å². The molecule has 44 valence electrons. The van der Waals surface area contributed by atoms with E-state index in [4.69, 9.17) is 0 Å². The summed E-state index contributed by atoms with van der Waals surface area (Å²) in [5.41, 5.74) is 1.02. The Morgan fingerprint density at radius 3 is 2.38 bits per heavy atom. The lowest BCUT2D eigenvalue weighted by Crippen LogP contribution is -2.20. The molecule has 1 rings (SSSR count). The normalized spacial score (nSPS) is 17.2. The van der Waals surface area contributed by atoms with Crippen LogP contribution in [0.4, 0.5) is 0 Å². The van der Waals surface area contributed by atoms with Crippen molar-refractivity contribution >= 4 is 5.97 Å². The summed E-state index contributed by atoms with van der Waals surface area (Å²) in [7, 11) is 0. The molecule has 0 atom stereocenters. The predicted molar refractivity (Wildman–Crippen MR) is 26.9 cm³/mol. The lowest BCUT2D eigenvalue weighted by Gasteiger charge is -2.15.